The Labute approximate surface area is 105 Å². The molecule has 96 valence electrons. The Morgan fingerprint density at radius 1 is 1.28 bits per heavy atom. The quantitative estimate of drug-likeness (QED) is 0.767. The Morgan fingerprint density at radius 2 is 1.89 bits per heavy atom. The highest BCUT2D eigenvalue weighted by atomic mass is 16.4. The predicted molar refractivity (Wildman–Crippen MR) is 67.1 cm³/mol. The lowest BCUT2D eigenvalue weighted by Crippen LogP contribution is -2.37. The van der Waals surface area contributed by atoms with Crippen LogP contribution in [0.3, 0.4) is 0 Å². The molecule has 0 aliphatic heterocycles. The van der Waals surface area contributed by atoms with Crippen molar-refractivity contribution in [1.29, 1.82) is 0 Å². The van der Waals surface area contributed by atoms with Gasteiger partial charge < -0.3 is 15.7 Å². The number of rotatable bonds is 5. The fourth-order valence-electron chi connectivity index (χ4n) is 1.80. The molecular weight excluding hydrogens is 232 g/mol. The Morgan fingerprint density at radius 3 is 2.39 bits per heavy atom. The second-order valence-electron chi connectivity index (χ2n) is 4.64. The van der Waals surface area contributed by atoms with E-state index in [2.05, 4.69) is 0 Å². The SMILES string of the molecule is Nc1ccc(C(=O)N(CC(=O)O)CC2CC2)cc1. The lowest BCUT2D eigenvalue weighted by Gasteiger charge is -2.20. The minimum atomic E-state index is -0.987. The van der Waals surface area contributed by atoms with Crippen molar-refractivity contribution in [2.75, 3.05) is 18.8 Å². The summed E-state index contributed by atoms with van der Waals surface area (Å²) in [5, 5.41) is 8.84. The maximum absolute atomic E-state index is 12.2. The van der Waals surface area contributed by atoms with Gasteiger partial charge in [-0.15, -0.1) is 0 Å². The van der Waals surface area contributed by atoms with E-state index >= 15 is 0 Å². The molecule has 0 unspecified atom stereocenters. The number of nitrogens with zero attached hydrogens (tertiary/aromatic N) is 1. The third-order valence-electron chi connectivity index (χ3n) is 2.95. The summed E-state index contributed by atoms with van der Waals surface area (Å²) in [5.41, 5.74) is 6.62. The van der Waals surface area contributed by atoms with E-state index in [4.69, 9.17) is 10.8 Å². The van der Waals surface area contributed by atoms with Gasteiger partial charge in [0, 0.05) is 17.8 Å². The molecule has 1 aromatic rings. The van der Waals surface area contributed by atoms with Crippen LogP contribution in [0.5, 0.6) is 0 Å². The van der Waals surface area contributed by atoms with E-state index in [1.807, 2.05) is 0 Å². The number of aliphatic carboxylic acids is 1. The molecule has 0 radical (unpaired) electrons. The van der Waals surface area contributed by atoms with Gasteiger partial charge in [-0.1, -0.05) is 0 Å². The molecule has 0 atom stereocenters. The zero-order valence-corrected chi connectivity index (χ0v) is 10.0. The lowest BCUT2D eigenvalue weighted by molar-refractivity contribution is -0.137. The van der Waals surface area contributed by atoms with E-state index in [0.29, 0.717) is 23.7 Å². The molecule has 1 aromatic carbocycles. The van der Waals surface area contributed by atoms with Crippen molar-refractivity contribution in [1.82, 2.24) is 4.90 Å². The van der Waals surface area contributed by atoms with Crippen LogP contribution in [0.15, 0.2) is 24.3 Å². The van der Waals surface area contributed by atoms with Crippen LogP contribution in [0.25, 0.3) is 0 Å². The van der Waals surface area contributed by atoms with Gasteiger partial charge in [-0.05, 0) is 43.0 Å². The van der Waals surface area contributed by atoms with Crippen molar-refractivity contribution < 1.29 is 14.7 Å². The number of carbonyl (C=O) groups is 2. The molecule has 0 saturated heterocycles. The minimum absolute atomic E-state index is 0.246. The summed E-state index contributed by atoms with van der Waals surface area (Å²) in [7, 11) is 0. The van der Waals surface area contributed by atoms with Gasteiger partial charge in [0.15, 0.2) is 0 Å². The van der Waals surface area contributed by atoms with Crippen molar-refractivity contribution in [2.45, 2.75) is 12.8 Å². The molecule has 0 aromatic heterocycles. The van der Waals surface area contributed by atoms with Gasteiger partial charge >= 0.3 is 5.97 Å². The standard InChI is InChI=1S/C13H16N2O3/c14-11-5-3-10(4-6-11)13(18)15(8-12(16)17)7-9-1-2-9/h3-6,9H,1-2,7-8,14H2,(H,16,17). The van der Waals surface area contributed by atoms with Crippen molar-refractivity contribution in [3.05, 3.63) is 29.8 Å². The monoisotopic (exact) mass is 248 g/mol. The van der Waals surface area contributed by atoms with E-state index in [0.717, 1.165) is 12.8 Å². The molecule has 5 heteroatoms. The minimum Gasteiger partial charge on any atom is -0.480 e. The molecule has 1 aliphatic rings. The Bertz CT molecular complexity index is 452. The molecule has 1 saturated carbocycles. The number of amides is 1. The average molecular weight is 248 g/mol. The first-order chi connectivity index (χ1) is 8.56. The van der Waals surface area contributed by atoms with Gasteiger partial charge in [-0.25, -0.2) is 0 Å². The van der Waals surface area contributed by atoms with E-state index in [-0.39, 0.29) is 12.5 Å². The van der Waals surface area contributed by atoms with Crippen LogP contribution in [0.4, 0.5) is 5.69 Å². The Kier molecular flexibility index (Phi) is 3.50. The number of carbonyl (C=O) groups excluding carboxylic acids is 1. The second kappa shape index (κ2) is 5.08. The molecule has 1 aliphatic carbocycles. The van der Waals surface area contributed by atoms with Crippen LogP contribution in [-0.2, 0) is 4.79 Å². The predicted octanol–water partition coefficient (Wildman–Crippen LogP) is 1.21. The van der Waals surface area contributed by atoms with E-state index in [1.54, 1.807) is 24.3 Å². The zero-order valence-electron chi connectivity index (χ0n) is 10.0. The number of carboxylic acid groups (broad SMARTS) is 1. The van der Waals surface area contributed by atoms with Crippen LogP contribution < -0.4 is 5.73 Å². The summed E-state index contributed by atoms with van der Waals surface area (Å²) in [4.78, 5) is 24.4. The summed E-state index contributed by atoms with van der Waals surface area (Å²) in [5.74, 6) is -0.772. The van der Waals surface area contributed by atoms with Crippen molar-refractivity contribution in [2.24, 2.45) is 5.92 Å². The molecule has 18 heavy (non-hydrogen) atoms. The third kappa shape index (κ3) is 3.23. The second-order valence-corrected chi connectivity index (χ2v) is 4.64. The number of nitrogen functional groups attached to an aromatic ring is 1. The van der Waals surface area contributed by atoms with E-state index < -0.39 is 5.97 Å². The molecule has 0 bridgehead atoms. The molecular formula is C13H16N2O3. The Hall–Kier alpha value is -2.04. The highest BCUT2D eigenvalue weighted by Gasteiger charge is 2.28. The highest BCUT2D eigenvalue weighted by molar-refractivity contribution is 5.96. The van der Waals surface area contributed by atoms with Crippen molar-refractivity contribution in [3.8, 4) is 0 Å². The Balaban J connectivity index is 2.10. The van der Waals surface area contributed by atoms with Gasteiger partial charge in [0.2, 0.25) is 0 Å². The smallest absolute Gasteiger partial charge is 0.323 e. The molecule has 1 fully saturated rings. The van der Waals surface area contributed by atoms with E-state index in [9.17, 15) is 9.59 Å². The summed E-state index contributed by atoms with van der Waals surface area (Å²) in [6, 6.07) is 6.53. The van der Waals surface area contributed by atoms with Crippen LogP contribution in [0.2, 0.25) is 0 Å². The number of hydrogen-bond donors (Lipinski definition) is 2. The number of anilines is 1. The summed E-state index contributed by atoms with van der Waals surface area (Å²) in [6.07, 6.45) is 2.15. The fourth-order valence-corrected chi connectivity index (χ4v) is 1.80. The van der Waals surface area contributed by atoms with Crippen molar-refractivity contribution >= 4 is 17.6 Å². The topological polar surface area (TPSA) is 83.6 Å². The molecule has 2 rings (SSSR count). The first-order valence-electron chi connectivity index (χ1n) is 5.93. The summed E-state index contributed by atoms with van der Waals surface area (Å²) >= 11 is 0. The third-order valence-corrected chi connectivity index (χ3v) is 2.95. The zero-order chi connectivity index (χ0) is 13.1. The molecule has 1 amide bonds. The summed E-state index contributed by atoms with van der Waals surface area (Å²) in [6.45, 7) is 0.273. The van der Waals surface area contributed by atoms with Gasteiger partial charge in [0.25, 0.3) is 5.91 Å². The number of hydrogen-bond acceptors (Lipinski definition) is 3. The number of carboxylic acids is 1. The maximum atomic E-state index is 12.2. The van der Waals surface area contributed by atoms with Gasteiger partial charge in [-0.3, -0.25) is 9.59 Å². The average Bonchev–Trinajstić information content (AvgIpc) is 3.12. The first-order valence-corrected chi connectivity index (χ1v) is 5.93. The lowest BCUT2D eigenvalue weighted by atomic mass is 10.1. The van der Waals surface area contributed by atoms with Crippen LogP contribution >= 0.6 is 0 Å². The van der Waals surface area contributed by atoms with Crippen LogP contribution in [-0.4, -0.2) is 35.0 Å². The van der Waals surface area contributed by atoms with E-state index in [1.165, 1.54) is 4.90 Å². The molecule has 0 heterocycles. The number of nitrogens with two attached hydrogens (primary N) is 1. The van der Waals surface area contributed by atoms with Gasteiger partial charge in [-0.2, -0.15) is 0 Å². The maximum Gasteiger partial charge on any atom is 0.323 e. The van der Waals surface area contributed by atoms with Crippen LogP contribution in [0.1, 0.15) is 23.2 Å². The normalized spacial score (nSPS) is 14.2. The van der Waals surface area contributed by atoms with Gasteiger partial charge in [0.05, 0.1) is 0 Å². The molecule has 0 spiro atoms. The molecule has 3 N–H and O–H groups in total. The largest absolute Gasteiger partial charge is 0.480 e. The highest BCUT2D eigenvalue weighted by Crippen LogP contribution is 2.30. The summed E-state index contributed by atoms with van der Waals surface area (Å²) < 4.78 is 0. The van der Waals surface area contributed by atoms with Crippen LogP contribution in [0, 0.1) is 5.92 Å². The first kappa shape index (κ1) is 12.4. The fraction of sp³-hybridized carbons (Fsp3) is 0.385. The van der Waals surface area contributed by atoms with Gasteiger partial charge in [0.1, 0.15) is 6.54 Å². The van der Waals surface area contributed by atoms with Crippen molar-refractivity contribution in [3.63, 3.8) is 0 Å². The molecule has 5 nitrogen and oxygen atoms in total. The number of benzene rings is 1.